The number of piperidine rings is 1. The van der Waals surface area contributed by atoms with Gasteiger partial charge in [0.15, 0.2) is 0 Å². The van der Waals surface area contributed by atoms with Gasteiger partial charge in [-0.1, -0.05) is 0 Å². The Morgan fingerprint density at radius 1 is 1.07 bits per heavy atom. The lowest BCUT2D eigenvalue weighted by Gasteiger charge is -2.32. The van der Waals surface area contributed by atoms with Crippen LogP contribution in [0.15, 0.2) is 43.1 Å². The van der Waals surface area contributed by atoms with Gasteiger partial charge in [0.25, 0.3) is 5.91 Å². The highest BCUT2D eigenvalue weighted by Gasteiger charge is 2.25. The summed E-state index contributed by atoms with van der Waals surface area (Å²) in [5.41, 5.74) is 3.60. The molecule has 7 heteroatoms. The number of amides is 1. The SMILES string of the molecule is Cc1ncc(-c2nccnc2CC2CCN(C(=O)c3ccncc3)CC2)n1C. The van der Waals surface area contributed by atoms with Gasteiger partial charge in [-0.3, -0.25) is 19.7 Å². The van der Waals surface area contributed by atoms with E-state index in [2.05, 4.69) is 19.9 Å². The third kappa shape index (κ3) is 3.65. The number of nitrogens with zero attached hydrogens (tertiary/aromatic N) is 6. The predicted molar refractivity (Wildman–Crippen MR) is 106 cm³/mol. The molecule has 0 atom stereocenters. The molecule has 0 unspecified atom stereocenters. The van der Waals surface area contributed by atoms with Crippen LogP contribution in [0, 0.1) is 12.8 Å². The Bertz CT molecular complexity index is 960. The predicted octanol–water partition coefficient (Wildman–Crippen LogP) is 2.68. The van der Waals surface area contributed by atoms with Crippen LogP contribution >= 0.6 is 0 Å². The van der Waals surface area contributed by atoms with Crippen molar-refractivity contribution in [2.24, 2.45) is 13.0 Å². The van der Waals surface area contributed by atoms with Crippen LogP contribution in [0.25, 0.3) is 11.4 Å². The first-order chi connectivity index (χ1) is 13.6. The zero-order valence-corrected chi connectivity index (χ0v) is 16.2. The molecule has 0 spiro atoms. The van der Waals surface area contributed by atoms with E-state index in [-0.39, 0.29) is 5.91 Å². The van der Waals surface area contributed by atoms with Crippen LogP contribution in [0.2, 0.25) is 0 Å². The number of hydrogen-bond acceptors (Lipinski definition) is 5. The third-order valence-corrected chi connectivity index (χ3v) is 5.55. The highest BCUT2D eigenvalue weighted by molar-refractivity contribution is 5.94. The summed E-state index contributed by atoms with van der Waals surface area (Å²) in [6, 6.07) is 3.55. The number of carbonyl (C=O) groups is 1. The quantitative estimate of drug-likeness (QED) is 0.700. The molecular weight excluding hydrogens is 352 g/mol. The van der Waals surface area contributed by atoms with E-state index in [1.807, 2.05) is 29.6 Å². The summed E-state index contributed by atoms with van der Waals surface area (Å²) >= 11 is 0. The molecule has 1 aliphatic rings. The summed E-state index contributed by atoms with van der Waals surface area (Å²) < 4.78 is 2.05. The number of likely N-dealkylation sites (tertiary alicyclic amines) is 1. The second-order valence-electron chi connectivity index (χ2n) is 7.28. The van der Waals surface area contributed by atoms with Gasteiger partial charge >= 0.3 is 0 Å². The molecule has 1 fully saturated rings. The van der Waals surface area contributed by atoms with Gasteiger partial charge in [0.1, 0.15) is 11.5 Å². The lowest BCUT2D eigenvalue weighted by Crippen LogP contribution is -2.39. The summed E-state index contributed by atoms with van der Waals surface area (Å²) in [6.45, 7) is 3.52. The Morgan fingerprint density at radius 2 is 1.79 bits per heavy atom. The Morgan fingerprint density at radius 3 is 2.46 bits per heavy atom. The molecule has 1 aliphatic heterocycles. The van der Waals surface area contributed by atoms with E-state index in [1.54, 1.807) is 36.9 Å². The molecule has 0 aromatic carbocycles. The Kier molecular flexibility index (Phi) is 5.14. The highest BCUT2D eigenvalue weighted by atomic mass is 16.2. The van der Waals surface area contributed by atoms with Crippen molar-refractivity contribution in [1.29, 1.82) is 0 Å². The van der Waals surface area contributed by atoms with Crippen molar-refractivity contribution in [2.75, 3.05) is 13.1 Å². The zero-order valence-electron chi connectivity index (χ0n) is 16.2. The number of rotatable bonds is 4. The highest BCUT2D eigenvalue weighted by Crippen LogP contribution is 2.27. The second kappa shape index (κ2) is 7.88. The van der Waals surface area contributed by atoms with E-state index in [4.69, 9.17) is 0 Å². The first-order valence-electron chi connectivity index (χ1n) is 9.61. The fraction of sp³-hybridized carbons (Fsp3) is 0.381. The second-order valence-corrected chi connectivity index (χ2v) is 7.28. The van der Waals surface area contributed by atoms with Crippen LogP contribution in [0.4, 0.5) is 0 Å². The van der Waals surface area contributed by atoms with Gasteiger partial charge in [0.2, 0.25) is 0 Å². The Balaban J connectivity index is 1.43. The molecule has 3 aromatic rings. The Hall–Kier alpha value is -3.09. The van der Waals surface area contributed by atoms with E-state index in [0.29, 0.717) is 11.5 Å². The summed E-state index contributed by atoms with van der Waals surface area (Å²) in [5, 5.41) is 0. The molecule has 0 N–H and O–H groups in total. The van der Waals surface area contributed by atoms with Crippen molar-refractivity contribution in [2.45, 2.75) is 26.2 Å². The topological polar surface area (TPSA) is 76.8 Å². The molecule has 4 heterocycles. The van der Waals surface area contributed by atoms with Gasteiger partial charge in [-0.05, 0) is 44.2 Å². The van der Waals surface area contributed by atoms with Crippen molar-refractivity contribution in [3.05, 3.63) is 60.2 Å². The van der Waals surface area contributed by atoms with E-state index in [0.717, 1.165) is 55.3 Å². The van der Waals surface area contributed by atoms with Gasteiger partial charge < -0.3 is 9.47 Å². The molecule has 0 bridgehead atoms. The maximum Gasteiger partial charge on any atom is 0.253 e. The van der Waals surface area contributed by atoms with Crippen molar-refractivity contribution in [3.63, 3.8) is 0 Å². The van der Waals surface area contributed by atoms with Crippen LogP contribution in [-0.2, 0) is 13.5 Å². The first kappa shape index (κ1) is 18.3. The summed E-state index contributed by atoms with van der Waals surface area (Å²) in [6.07, 6.45) is 11.5. The van der Waals surface area contributed by atoms with Crippen LogP contribution < -0.4 is 0 Å². The van der Waals surface area contributed by atoms with Gasteiger partial charge in [-0.25, -0.2) is 4.98 Å². The van der Waals surface area contributed by atoms with Crippen LogP contribution in [0.1, 0.15) is 34.7 Å². The standard InChI is InChI=1S/C21H24N6O/c1-15-25-14-19(26(15)2)20-18(23-9-10-24-20)13-16-5-11-27(12-6-16)21(28)17-3-7-22-8-4-17/h3-4,7-10,14,16H,5-6,11-13H2,1-2H3. The minimum absolute atomic E-state index is 0.0893. The number of pyridine rings is 1. The summed E-state index contributed by atoms with van der Waals surface area (Å²) in [5.74, 6) is 1.53. The van der Waals surface area contributed by atoms with Crippen LogP contribution in [-0.4, -0.2) is 48.4 Å². The van der Waals surface area contributed by atoms with Crippen LogP contribution in [0.5, 0.6) is 0 Å². The Labute approximate surface area is 164 Å². The molecule has 0 saturated carbocycles. The van der Waals surface area contributed by atoms with Crippen molar-refractivity contribution in [3.8, 4) is 11.4 Å². The molecular formula is C21H24N6O. The average Bonchev–Trinajstić information content (AvgIpc) is 3.07. The minimum atomic E-state index is 0.0893. The van der Waals surface area contributed by atoms with Crippen molar-refractivity contribution < 1.29 is 4.79 Å². The number of carbonyl (C=O) groups excluding carboxylic acids is 1. The zero-order chi connectivity index (χ0) is 19.5. The minimum Gasteiger partial charge on any atom is -0.339 e. The first-order valence-corrected chi connectivity index (χ1v) is 9.61. The van der Waals surface area contributed by atoms with Crippen molar-refractivity contribution in [1.82, 2.24) is 29.4 Å². The molecule has 7 nitrogen and oxygen atoms in total. The molecule has 1 amide bonds. The van der Waals surface area contributed by atoms with Crippen LogP contribution in [0.3, 0.4) is 0 Å². The van der Waals surface area contributed by atoms with E-state index >= 15 is 0 Å². The maximum atomic E-state index is 12.6. The monoisotopic (exact) mass is 376 g/mol. The molecule has 28 heavy (non-hydrogen) atoms. The average molecular weight is 376 g/mol. The number of aromatic nitrogens is 5. The lowest BCUT2D eigenvalue weighted by molar-refractivity contribution is 0.0690. The molecule has 144 valence electrons. The molecule has 0 radical (unpaired) electrons. The van der Waals surface area contributed by atoms with Gasteiger partial charge in [0, 0.05) is 50.5 Å². The molecule has 1 saturated heterocycles. The normalized spacial score (nSPS) is 15.0. The maximum absolute atomic E-state index is 12.6. The van der Waals surface area contributed by atoms with E-state index < -0.39 is 0 Å². The summed E-state index contributed by atoms with van der Waals surface area (Å²) in [7, 11) is 2.00. The summed E-state index contributed by atoms with van der Waals surface area (Å²) in [4.78, 5) is 32.1. The van der Waals surface area contributed by atoms with E-state index in [1.165, 1.54) is 0 Å². The third-order valence-electron chi connectivity index (χ3n) is 5.55. The fourth-order valence-electron chi connectivity index (χ4n) is 3.74. The number of hydrogen-bond donors (Lipinski definition) is 0. The number of aryl methyl sites for hydroxylation is 1. The van der Waals surface area contributed by atoms with Gasteiger partial charge in [0.05, 0.1) is 17.6 Å². The fourth-order valence-corrected chi connectivity index (χ4v) is 3.74. The smallest absolute Gasteiger partial charge is 0.253 e. The van der Waals surface area contributed by atoms with E-state index in [9.17, 15) is 4.79 Å². The lowest BCUT2D eigenvalue weighted by atomic mass is 9.91. The van der Waals surface area contributed by atoms with Gasteiger partial charge in [-0.15, -0.1) is 0 Å². The van der Waals surface area contributed by atoms with Crippen molar-refractivity contribution >= 4 is 5.91 Å². The molecule has 3 aromatic heterocycles. The molecule has 4 rings (SSSR count). The molecule has 0 aliphatic carbocycles. The largest absolute Gasteiger partial charge is 0.339 e. The van der Waals surface area contributed by atoms with Gasteiger partial charge in [-0.2, -0.15) is 0 Å². The number of imidazole rings is 1.